The molecular weight excluding hydrogens is 502 g/mol. The number of esters is 1. The Kier molecular flexibility index (Phi) is 33.3. The van der Waals surface area contributed by atoms with Gasteiger partial charge in [0.05, 0.1) is 119 Å². The normalized spacial score (nSPS) is 11.3. The van der Waals surface area contributed by atoms with Crippen LogP contribution >= 0.6 is 0 Å². The third kappa shape index (κ3) is 33.1. The average Bonchev–Trinajstić information content (AvgIpc) is 2.92. The van der Waals surface area contributed by atoms with Crippen molar-refractivity contribution < 1.29 is 52.2 Å². The monoisotopic (exact) mass is 555 g/mol. The lowest BCUT2D eigenvalue weighted by Gasteiger charge is -2.09. The van der Waals surface area contributed by atoms with Gasteiger partial charge in [0.15, 0.2) is 0 Å². The second-order valence-electron chi connectivity index (χ2n) is 7.98. The SMILES string of the molecule is CCCCCC(=O)OCCOCCOCCOCCOCCOCCOCCOCCOCCOCCN. The Morgan fingerprint density at radius 3 is 1.03 bits per heavy atom. The van der Waals surface area contributed by atoms with E-state index in [0.29, 0.717) is 132 Å². The van der Waals surface area contributed by atoms with Gasteiger partial charge >= 0.3 is 5.97 Å². The minimum atomic E-state index is -0.158. The molecule has 0 atom stereocenters. The van der Waals surface area contributed by atoms with E-state index in [0.717, 1.165) is 19.3 Å². The predicted molar refractivity (Wildman–Crippen MR) is 142 cm³/mol. The number of nitrogens with two attached hydrogens (primary N) is 1. The maximum atomic E-state index is 11.4. The minimum absolute atomic E-state index is 0.158. The molecule has 12 nitrogen and oxygen atoms in total. The fourth-order valence-corrected chi connectivity index (χ4v) is 2.75. The third-order valence-electron chi connectivity index (χ3n) is 4.71. The zero-order valence-corrected chi connectivity index (χ0v) is 23.5. The third-order valence-corrected chi connectivity index (χ3v) is 4.71. The van der Waals surface area contributed by atoms with Crippen molar-refractivity contribution in [1.82, 2.24) is 0 Å². The molecule has 228 valence electrons. The number of hydrogen-bond donors (Lipinski definition) is 1. The summed E-state index contributed by atoms with van der Waals surface area (Å²) in [5, 5.41) is 0. The minimum Gasteiger partial charge on any atom is -0.463 e. The van der Waals surface area contributed by atoms with Crippen molar-refractivity contribution in [2.45, 2.75) is 32.6 Å². The Morgan fingerprint density at radius 1 is 0.447 bits per heavy atom. The fraction of sp³-hybridized carbons (Fsp3) is 0.962. The first kappa shape index (κ1) is 37.1. The lowest BCUT2D eigenvalue weighted by Crippen LogP contribution is -2.15. The topological polar surface area (TPSA) is 135 Å². The van der Waals surface area contributed by atoms with Gasteiger partial charge in [-0.1, -0.05) is 19.8 Å². The van der Waals surface area contributed by atoms with Crippen LogP contribution in [0.3, 0.4) is 0 Å². The molecule has 0 saturated carbocycles. The van der Waals surface area contributed by atoms with Crippen molar-refractivity contribution in [2.75, 3.05) is 132 Å². The van der Waals surface area contributed by atoms with Crippen LogP contribution in [0, 0.1) is 0 Å². The molecular formula is C26H53NO11. The second kappa shape index (κ2) is 34.1. The van der Waals surface area contributed by atoms with Gasteiger partial charge in [-0.2, -0.15) is 0 Å². The van der Waals surface area contributed by atoms with Crippen LogP contribution in [0.1, 0.15) is 32.6 Å². The van der Waals surface area contributed by atoms with E-state index in [-0.39, 0.29) is 12.6 Å². The van der Waals surface area contributed by atoms with E-state index < -0.39 is 0 Å². The van der Waals surface area contributed by atoms with Crippen LogP contribution in [0.25, 0.3) is 0 Å². The molecule has 0 heterocycles. The first-order valence-corrected chi connectivity index (χ1v) is 13.9. The molecule has 0 aliphatic heterocycles. The summed E-state index contributed by atoms with van der Waals surface area (Å²) in [6.45, 7) is 12.0. The zero-order chi connectivity index (χ0) is 27.6. The molecule has 0 aliphatic carbocycles. The van der Waals surface area contributed by atoms with Crippen LogP contribution in [0.4, 0.5) is 0 Å². The quantitative estimate of drug-likeness (QED) is 0.0921. The van der Waals surface area contributed by atoms with Gasteiger partial charge in [-0.05, 0) is 6.42 Å². The highest BCUT2D eigenvalue weighted by Gasteiger charge is 2.01. The van der Waals surface area contributed by atoms with Crippen molar-refractivity contribution in [3.05, 3.63) is 0 Å². The summed E-state index contributed by atoms with van der Waals surface area (Å²) >= 11 is 0. The van der Waals surface area contributed by atoms with Crippen LogP contribution in [-0.4, -0.2) is 138 Å². The standard InChI is InChI=1S/C26H53NO11/c1-2-3-4-5-26(28)38-25-24-37-23-22-36-21-20-35-19-18-34-17-16-33-15-14-32-13-12-31-11-10-30-9-8-29-7-6-27/h2-25,27H2,1H3. The lowest BCUT2D eigenvalue weighted by atomic mass is 10.2. The van der Waals surface area contributed by atoms with E-state index in [9.17, 15) is 4.79 Å². The van der Waals surface area contributed by atoms with Gasteiger partial charge in [-0.15, -0.1) is 0 Å². The van der Waals surface area contributed by atoms with Gasteiger partial charge in [0.1, 0.15) is 6.61 Å². The van der Waals surface area contributed by atoms with Crippen molar-refractivity contribution in [2.24, 2.45) is 5.73 Å². The molecule has 0 aromatic rings. The van der Waals surface area contributed by atoms with Gasteiger partial charge in [0.25, 0.3) is 0 Å². The Hall–Kier alpha value is -0.930. The van der Waals surface area contributed by atoms with E-state index in [1.807, 2.05) is 0 Å². The largest absolute Gasteiger partial charge is 0.463 e. The van der Waals surface area contributed by atoms with Crippen LogP contribution in [0.2, 0.25) is 0 Å². The highest BCUT2D eigenvalue weighted by molar-refractivity contribution is 5.69. The van der Waals surface area contributed by atoms with Gasteiger partial charge in [-0.3, -0.25) is 4.79 Å². The molecule has 0 radical (unpaired) electrons. The molecule has 2 N–H and O–H groups in total. The maximum Gasteiger partial charge on any atom is 0.305 e. The van der Waals surface area contributed by atoms with Gasteiger partial charge in [-0.25, -0.2) is 0 Å². The highest BCUT2D eigenvalue weighted by Crippen LogP contribution is 2.00. The summed E-state index contributed by atoms with van der Waals surface area (Å²) in [5.41, 5.74) is 5.32. The molecule has 0 aromatic heterocycles. The summed E-state index contributed by atoms with van der Waals surface area (Å²) in [6, 6.07) is 0. The average molecular weight is 556 g/mol. The van der Waals surface area contributed by atoms with E-state index in [1.54, 1.807) is 0 Å². The van der Waals surface area contributed by atoms with E-state index >= 15 is 0 Å². The highest BCUT2D eigenvalue weighted by atomic mass is 16.6. The number of hydrogen-bond acceptors (Lipinski definition) is 12. The Labute approximate surface area is 228 Å². The molecule has 0 aliphatic rings. The molecule has 0 fully saturated rings. The number of ether oxygens (including phenoxy) is 10. The summed E-state index contributed by atoms with van der Waals surface area (Å²) < 4.78 is 53.6. The number of carbonyl (C=O) groups is 1. The van der Waals surface area contributed by atoms with Crippen molar-refractivity contribution >= 4 is 5.97 Å². The van der Waals surface area contributed by atoms with Crippen molar-refractivity contribution in [1.29, 1.82) is 0 Å². The molecule has 0 rings (SSSR count). The van der Waals surface area contributed by atoms with Crippen LogP contribution in [0.5, 0.6) is 0 Å². The number of unbranched alkanes of at least 4 members (excludes halogenated alkanes) is 2. The molecule has 0 unspecified atom stereocenters. The van der Waals surface area contributed by atoms with Crippen LogP contribution < -0.4 is 5.73 Å². The first-order chi connectivity index (χ1) is 18.8. The molecule has 38 heavy (non-hydrogen) atoms. The van der Waals surface area contributed by atoms with Crippen molar-refractivity contribution in [3.63, 3.8) is 0 Å². The molecule has 0 aromatic carbocycles. The van der Waals surface area contributed by atoms with Gasteiger partial charge < -0.3 is 53.1 Å². The van der Waals surface area contributed by atoms with Crippen molar-refractivity contribution in [3.8, 4) is 0 Å². The summed E-state index contributed by atoms with van der Waals surface area (Å²) in [6.07, 6.45) is 3.50. The molecule has 0 saturated heterocycles. The van der Waals surface area contributed by atoms with Crippen LogP contribution in [0.15, 0.2) is 0 Å². The predicted octanol–water partition coefficient (Wildman–Crippen LogP) is 1.22. The lowest BCUT2D eigenvalue weighted by molar-refractivity contribution is -0.145. The smallest absolute Gasteiger partial charge is 0.305 e. The zero-order valence-electron chi connectivity index (χ0n) is 23.5. The molecule has 0 amide bonds. The fourth-order valence-electron chi connectivity index (χ4n) is 2.75. The number of carbonyl (C=O) groups excluding carboxylic acids is 1. The van der Waals surface area contributed by atoms with E-state index in [1.165, 1.54) is 0 Å². The maximum absolute atomic E-state index is 11.4. The molecule has 0 spiro atoms. The van der Waals surface area contributed by atoms with Gasteiger partial charge in [0, 0.05) is 13.0 Å². The molecule has 0 bridgehead atoms. The first-order valence-electron chi connectivity index (χ1n) is 13.9. The van der Waals surface area contributed by atoms with Crippen LogP contribution in [-0.2, 0) is 52.2 Å². The van der Waals surface area contributed by atoms with E-state index in [4.69, 9.17) is 53.1 Å². The number of rotatable bonds is 33. The summed E-state index contributed by atoms with van der Waals surface area (Å²) in [4.78, 5) is 11.4. The van der Waals surface area contributed by atoms with E-state index in [2.05, 4.69) is 6.92 Å². The summed E-state index contributed by atoms with van der Waals surface area (Å²) in [7, 11) is 0. The Balaban J connectivity index is 3.06. The Bertz CT molecular complexity index is 461. The van der Waals surface area contributed by atoms with Gasteiger partial charge in [0.2, 0.25) is 0 Å². The molecule has 12 heteroatoms. The second-order valence-corrected chi connectivity index (χ2v) is 7.98. The summed E-state index contributed by atoms with van der Waals surface area (Å²) in [5.74, 6) is -0.158. The Morgan fingerprint density at radius 2 is 0.737 bits per heavy atom.